The molecule has 1 aromatic carbocycles. The monoisotopic (exact) mass is 394 g/mol. The van der Waals surface area contributed by atoms with Gasteiger partial charge in [0.05, 0.1) is 5.25 Å². The molecule has 2 aromatic heterocycles. The standard InChI is InChI=1S/C16H15ClN4O4S/c1-7(26-15-19-9-6-8(17)4-5-10(9)25-15)12(22)11-13(18)20(2)16(24)21(3)14(11)23/h4-7H,18H2,1-3H3. The number of nitrogens with zero attached hydrogens (tertiary/aromatic N) is 3. The van der Waals surface area contributed by atoms with E-state index in [4.69, 9.17) is 21.8 Å². The number of fused-ring (bicyclic) bond motifs is 1. The quantitative estimate of drug-likeness (QED) is 0.530. The molecular weight excluding hydrogens is 380 g/mol. The van der Waals surface area contributed by atoms with Gasteiger partial charge in [-0.25, -0.2) is 9.78 Å². The molecule has 0 bridgehead atoms. The van der Waals surface area contributed by atoms with Crippen LogP contribution in [0.5, 0.6) is 0 Å². The molecule has 0 spiro atoms. The summed E-state index contributed by atoms with van der Waals surface area (Å²) in [5, 5.41) is 0.0855. The topological polar surface area (TPSA) is 113 Å². The van der Waals surface area contributed by atoms with E-state index in [2.05, 4.69) is 4.98 Å². The van der Waals surface area contributed by atoms with Crippen LogP contribution in [0.25, 0.3) is 11.1 Å². The number of oxazole rings is 1. The Morgan fingerprint density at radius 3 is 2.69 bits per heavy atom. The Kier molecular flexibility index (Phi) is 4.68. The van der Waals surface area contributed by atoms with E-state index < -0.39 is 22.3 Å². The second-order valence-electron chi connectivity index (χ2n) is 5.68. The maximum atomic E-state index is 12.8. The minimum atomic E-state index is -0.729. The number of rotatable bonds is 4. The third kappa shape index (κ3) is 3.04. The number of nitrogens with two attached hydrogens (primary N) is 1. The van der Waals surface area contributed by atoms with E-state index in [0.29, 0.717) is 16.1 Å². The van der Waals surface area contributed by atoms with E-state index in [1.54, 1.807) is 25.1 Å². The summed E-state index contributed by atoms with van der Waals surface area (Å²) in [6.07, 6.45) is 0. The van der Waals surface area contributed by atoms with Gasteiger partial charge in [0.15, 0.2) is 11.4 Å². The van der Waals surface area contributed by atoms with Gasteiger partial charge in [0.1, 0.15) is 16.9 Å². The normalized spacial score (nSPS) is 12.5. The summed E-state index contributed by atoms with van der Waals surface area (Å²) < 4.78 is 7.49. The van der Waals surface area contributed by atoms with Crippen molar-refractivity contribution in [1.82, 2.24) is 14.1 Å². The average molecular weight is 395 g/mol. The van der Waals surface area contributed by atoms with Gasteiger partial charge in [-0.15, -0.1) is 0 Å². The van der Waals surface area contributed by atoms with Crippen LogP contribution in [-0.2, 0) is 14.1 Å². The van der Waals surface area contributed by atoms with Gasteiger partial charge in [-0.1, -0.05) is 23.4 Å². The molecule has 0 radical (unpaired) electrons. The lowest BCUT2D eigenvalue weighted by atomic mass is 10.1. The zero-order valence-corrected chi connectivity index (χ0v) is 15.7. The fourth-order valence-corrected chi connectivity index (χ4v) is 3.41. The number of halogens is 1. The van der Waals surface area contributed by atoms with Crippen molar-refractivity contribution in [3.63, 3.8) is 0 Å². The van der Waals surface area contributed by atoms with Crippen LogP contribution in [-0.4, -0.2) is 25.2 Å². The molecule has 2 N–H and O–H groups in total. The Bertz CT molecular complexity index is 1150. The molecule has 1 unspecified atom stereocenters. The first-order valence-electron chi connectivity index (χ1n) is 7.53. The van der Waals surface area contributed by atoms with Crippen LogP contribution >= 0.6 is 23.4 Å². The van der Waals surface area contributed by atoms with Gasteiger partial charge < -0.3 is 10.2 Å². The van der Waals surface area contributed by atoms with Crippen molar-refractivity contribution in [2.45, 2.75) is 17.4 Å². The first-order valence-corrected chi connectivity index (χ1v) is 8.79. The molecule has 0 saturated carbocycles. The molecule has 2 heterocycles. The highest BCUT2D eigenvalue weighted by atomic mass is 35.5. The maximum absolute atomic E-state index is 12.8. The van der Waals surface area contributed by atoms with Crippen molar-refractivity contribution in [2.75, 3.05) is 5.73 Å². The molecule has 8 nitrogen and oxygen atoms in total. The van der Waals surface area contributed by atoms with Crippen molar-refractivity contribution < 1.29 is 9.21 Å². The summed E-state index contributed by atoms with van der Waals surface area (Å²) in [5.74, 6) is -0.677. The van der Waals surface area contributed by atoms with E-state index in [1.807, 2.05) is 0 Å². The van der Waals surface area contributed by atoms with Crippen molar-refractivity contribution in [3.05, 3.63) is 49.6 Å². The fourth-order valence-electron chi connectivity index (χ4n) is 2.43. The Morgan fingerprint density at radius 2 is 2.00 bits per heavy atom. The predicted molar refractivity (Wildman–Crippen MR) is 100 cm³/mol. The minimum absolute atomic E-state index is 0.167. The van der Waals surface area contributed by atoms with Crippen LogP contribution in [0.3, 0.4) is 0 Å². The number of carbonyl (C=O) groups is 1. The predicted octanol–water partition coefficient (Wildman–Crippen LogP) is 1.82. The summed E-state index contributed by atoms with van der Waals surface area (Å²) in [6.45, 7) is 1.61. The van der Waals surface area contributed by atoms with E-state index in [9.17, 15) is 14.4 Å². The molecule has 0 fully saturated rings. The highest BCUT2D eigenvalue weighted by molar-refractivity contribution is 8.00. The van der Waals surface area contributed by atoms with Crippen molar-refractivity contribution >= 4 is 46.1 Å². The van der Waals surface area contributed by atoms with Gasteiger partial charge in [-0.05, 0) is 25.1 Å². The number of benzene rings is 1. The van der Waals surface area contributed by atoms with Crippen LogP contribution in [0.1, 0.15) is 17.3 Å². The molecular formula is C16H15ClN4O4S. The molecule has 0 aliphatic rings. The lowest BCUT2D eigenvalue weighted by Gasteiger charge is -2.13. The van der Waals surface area contributed by atoms with E-state index in [-0.39, 0.29) is 16.6 Å². The summed E-state index contributed by atoms with van der Waals surface area (Å²) in [7, 11) is 2.69. The fraction of sp³-hybridized carbons (Fsp3) is 0.250. The summed E-state index contributed by atoms with van der Waals surface area (Å²) in [4.78, 5) is 41.2. The van der Waals surface area contributed by atoms with Crippen LogP contribution in [0.4, 0.5) is 5.82 Å². The summed E-state index contributed by atoms with van der Waals surface area (Å²) in [5.41, 5.74) is 5.38. The first kappa shape index (κ1) is 18.3. The largest absolute Gasteiger partial charge is 0.431 e. The minimum Gasteiger partial charge on any atom is -0.431 e. The number of Topliss-reactive ketones (excluding diaryl/α,β-unsaturated/α-hetero) is 1. The Labute approximate surface area is 156 Å². The number of aromatic nitrogens is 3. The number of nitrogen functional groups attached to an aromatic ring is 1. The number of anilines is 1. The molecule has 0 aliphatic carbocycles. The zero-order chi connectivity index (χ0) is 19.2. The Hall–Kier alpha value is -2.52. The number of carbonyl (C=O) groups excluding carboxylic acids is 1. The van der Waals surface area contributed by atoms with E-state index >= 15 is 0 Å². The highest BCUT2D eigenvalue weighted by Gasteiger charge is 2.26. The second kappa shape index (κ2) is 6.65. The number of ketones is 1. The van der Waals surface area contributed by atoms with Crippen molar-refractivity contribution in [1.29, 1.82) is 0 Å². The molecule has 136 valence electrons. The van der Waals surface area contributed by atoms with Crippen LogP contribution in [0.15, 0.2) is 37.4 Å². The van der Waals surface area contributed by atoms with E-state index in [0.717, 1.165) is 20.9 Å². The molecule has 3 aromatic rings. The maximum Gasteiger partial charge on any atom is 0.332 e. The van der Waals surface area contributed by atoms with Crippen LogP contribution < -0.4 is 17.0 Å². The number of hydrogen-bond donors (Lipinski definition) is 1. The number of hydrogen-bond acceptors (Lipinski definition) is 7. The third-order valence-electron chi connectivity index (χ3n) is 3.93. The van der Waals surface area contributed by atoms with Gasteiger partial charge in [0.2, 0.25) is 0 Å². The van der Waals surface area contributed by atoms with Gasteiger partial charge in [-0.3, -0.25) is 18.7 Å². The molecule has 3 rings (SSSR count). The average Bonchev–Trinajstić information content (AvgIpc) is 2.99. The number of thioether (sulfide) groups is 1. The smallest absolute Gasteiger partial charge is 0.332 e. The Morgan fingerprint density at radius 1 is 1.31 bits per heavy atom. The van der Waals surface area contributed by atoms with Crippen molar-refractivity contribution in [2.24, 2.45) is 14.1 Å². The summed E-state index contributed by atoms with van der Waals surface area (Å²) in [6, 6.07) is 5.01. The van der Waals surface area contributed by atoms with E-state index in [1.165, 1.54) is 14.1 Å². The van der Waals surface area contributed by atoms with Gasteiger partial charge >= 0.3 is 5.69 Å². The highest BCUT2D eigenvalue weighted by Crippen LogP contribution is 2.29. The SMILES string of the molecule is CC(Sc1nc2cc(Cl)ccc2o1)C(=O)c1c(N)n(C)c(=O)n(C)c1=O. The Balaban J connectivity index is 1.95. The lowest BCUT2D eigenvalue weighted by Crippen LogP contribution is -2.42. The second-order valence-corrected chi connectivity index (χ2v) is 7.41. The summed E-state index contributed by atoms with van der Waals surface area (Å²) >= 11 is 6.97. The van der Waals surface area contributed by atoms with Crippen LogP contribution in [0.2, 0.25) is 5.02 Å². The lowest BCUT2D eigenvalue weighted by molar-refractivity contribution is 0.0991. The molecule has 0 saturated heterocycles. The molecule has 0 amide bonds. The molecule has 26 heavy (non-hydrogen) atoms. The zero-order valence-electron chi connectivity index (χ0n) is 14.1. The van der Waals surface area contributed by atoms with Crippen molar-refractivity contribution in [3.8, 4) is 0 Å². The third-order valence-corrected chi connectivity index (χ3v) is 5.11. The first-order chi connectivity index (χ1) is 12.2. The molecule has 0 aliphatic heterocycles. The molecule has 10 heteroatoms. The molecule has 1 atom stereocenters. The van der Waals surface area contributed by atoms with Gasteiger partial charge in [-0.2, -0.15) is 0 Å². The van der Waals surface area contributed by atoms with Crippen LogP contribution in [0, 0.1) is 0 Å². The van der Waals surface area contributed by atoms with Gasteiger partial charge in [0, 0.05) is 19.1 Å². The van der Waals surface area contributed by atoms with Gasteiger partial charge in [0.25, 0.3) is 10.8 Å².